The molecule has 1 unspecified atom stereocenters. The SMILES string of the molecule is CC(C)(C)C1CCC(CN)(C(O)c2cscn2)CC1. The van der Waals surface area contributed by atoms with Crippen LogP contribution >= 0.6 is 11.3 Å². The lowest BCUT2D eigenvalue weighted by Crippen LogP contribution is -2.42. The highest BCUT2D eigenvalue weighted by atomic mass is 32.1. The molecule has 1 saturated carbocycles. The zero-order chi connectivity index (χ0) is 14.1. The van der Waals surface area contributed by atoms with E-state index in [0.717, 1.165) is 37.3 Å². The van der Waals surface area contributed by atoms with Gasteiger partial charge in [-0.25, -0.2) is 4.98 Å². The summed E-state index contributed by atoms with van der Waals surface area (Å²) in [6, 6.07) is 0. The highest BCUT2D eigenvalue weighted by Gasteiger charge is 2.43. The largest absolute Gasteiger partial charge is 0.386 e. The van der Waals surface area contributed by atoms with Crippen LogP contribution < -0.4 is 5.73 Å². The minimum absolute atomic E-state index is 0.171. The lowest BCUT2D eigenvalue weighted by Gasteiger charge is -2.45. The molecule has 0 spiro atoms. The number of aliphatic hydroxyl groups excluding tert-OH is 1. The van der Waals surface area contributed by atoms with E-state index in [0.29, 0.717) is 12.0 Å². The molecule has 2 rings (SSSR count). The van der Waals surface area contributed by atoms with Crippen molar-refractivity contribution >= 4 is 11.3 Å². The van der Waals surface area contributed by atoms with E-state index >= 15 is 0 Å². The molecule has 1 aromatic rings. The number of nitrogens with two attached hydrogens (primary N) is 1. The van der Waals surface area contributed by atoms with E-state index in [1.54, 1.807) is 5.51 Å². The van der Waals surface area contributed by atoms with Crippen LogP contribution in [0.2, 0.25) is 0 Å². The lowest BCUT2D eigenvalue weighted by molar-refractivity contribution is -0.0253. The van der Waals surface area contributed by atoms with E-state index in [1.165, 1.54) is 11.3 Å². The molecule has 1 aliphatic rings. The average molecular weight is 282 g/mol. The number of thiazole rings is 1. The first-order chi connectivity index (χ1) is 8.89. The molecular formula is C15H26N2OS. The summed E-state index contributed by atoms with van der Waals surface area (Å²) in [7, 11) is 0. The van der Waals surface area contributed by atoms with Crippen molar-refractivity contribution in [1.82, 2.24) is 4.98 Å². The van der Waals surface area contributed by atoms with Crippen molar-refractivity contribution in [2.75, 3.05) is 6.54 Å². The molecule has 1 fully saturated rings. The molecule has 4 heteroatoms. The monoisotopic (exact) mass is 282 g/mol. The molecule has 1 heterocycles. The van der Waals surface area contributed by atoms with Gasteiger partial charge in [-0.15, -0.1) is 11.3 Å². The van der Waals surface area contributed by atoms with Crippen LogP contribution in [0.25, 0.3) is 0 Å². The van der Waals surface area contributed by atoms with Gasteiger partial charge in [-0.2, -0.15) is 0 Å². The highest BCUT2D eigenvalue weighted by Crippen LogP contribution is 2.50. The van der Waals surface area contributed by atoms with Crippen LogP contribution in [0.4, 0.5) is 0 Å². The van der Waals surface area contributed by atoms with Crippen LogP contribution in [0.5, 0.6) is 0 Å². The van der Waals surface area contributed by atoms with Crippen LogP contribution in [0, 0.1) is 16.7 Å². The molecule has 0 saturated heterocycles. The van der Waals surface area contributed by atoms with Crippen molar-refractivity contribution in [3.8, 4) is 0 Å². The fourth-order valence-electron chi connectivity index (χ4n) is 3.32. The Kier molecular flexibility index (Phi) is 4.33. The molecule has 108 valence electrons. The van der Waals surface area contributed by atoms with Crippen LogP contribution in [-0.2, 0) is 0 Å². The van der Waals surface area contributed by atoms with Crippen molar-refractivity contribution in [1.29, 1.82) is 0 Å². The zero-order valence-electron chi connectivity index (χ0n) is 12.2. The summed E-state index contributed by atoms with van der Waals surface area (Å²) in [4.78, 5) is 4.27. The summed E-state index contributed by atoms with van der Waals surface area (Å²) >= 11 is 1.53. The Labute approximate surface area is 120 Å². The van der Waals surface area contributed by atoms with Crippen molar-refractivity contribution in [2.45, 2.75) is 52.6 Å². The smallest absolute Gasteiger partial charge is 0.104 e. The third kappa shape index (κ3) is 3.01. The number of hydrogen-bond acceptors (Lipinski definition) is 4. The van der Waals surface area contributed by atoms with E-state index in [9.17, 15) is 5.11 Å². The molecule has 0 radical (unpaired) electrons. The summed E-state index contributed by atoms with van der Waals surface area (Å²) in [5.41, 5.74) is 8.78. The molecule has 0 aliphatic heterocycles. The Morgan fingerprint density at radius 2 is 2.11 bits per heavy atom. The average Bonchev–Trinajstić information content (AvgIpc) is 2.90. The van der Waals surface area contributed by atoms with Gasteiger partial charge in [0, 0.05) is 17.3 Å². The number of aromatic nitrogens is 1. The van der Waals surface area contributed by atoms with Gasteiger partial charge in [-0.05, 0) is 37.0 Å². The van der Waals surface area contributed by atoms with Gasteiger partial charge in [-0.3, -0.25) is 0 Å². The quantitative estimate of drug-likeness (QED) is 0.893. The van der Waals surface area contributed by atoms with Gasteiger partial charge in [0.25, 0.3) is 0 Å². The first kappa shape index (κ1) is 14.9. The van der Waals surface area contributed by atoms with Crippen LogP contribution in [0.1, 0.15) is 58.3 Å². The third-order valence-electron chi connectivity index (χ3n) is 4.92. The minimum atomic E-state index is -0.510. The summed E-state index contributed by atoms with van der Waals surface area (Å²) in [6.07, 6.45) is 3.81. The summed E-state index contributed by atoms with van der Waals surface area (Å²) < 4.78 is 0. The molecule has 0 bridgehead atoms. The second-order valence-corrected chi connectivity index (χ2v) is 7.74. The molecule has 1 aliphatic carbocycles. The second kappa shape index (κ2) is 5.51. The van der Waals surface area contributed by atoms with E-state index in [-0.39, 0.29) is 5.41 Å². The molecule has 0 aromatic carbocycles. The normalized spacial score (nSPS) is 30.3. The molecule has 3 N–H and O–H groups in total. The third-order valence-corrected chi connectivity index (χ3v) is 5.53. The molecule has 19 heavy (non-hydrogen) atoms. The fraction of sp³-hybridized carbons (Fsp3) is 0.800. The van der Waals surface area contributed by atoms with Gasteiger partial charge < -0.3 is 10.8 Å². The highest BCUT2D eigenvalue weighted by molar-refractivity contribution is 7.07. The molecule has 0 amide bonds. The van der Waals surface area contributed by atoms with E-state index in [2.05, 4.69) is 25.8 Å². The lowest BCUT2D eigenvalue weighted by atomic mass is 9.62. The first-order valence-corrected chi connectivity index (χ1v) is 8.09. The first-order valence-electron chi connectivity index (χ1n) is 7.15. The van der Waals surface area contributed by atoms with Gasteiger partial charge in [0.2, 0.25) is 0 Å². The maximum atomic E-state index is 10.6. The number of nitrogens with zero attached hydrogens (tertiary/aromatic N) is 1. The summed E-state index contributed by atoms with van der Waals surface area (Å²) in [5.74, 6) is 0.731. The van der Waals surface area contributed by atoms with E-state index < -0.39 is 6.10 Å². The topological polar surface area (TPSA) is 59.1 Å². The number of hydrogen-bond donors (Lipinski definition) is 2. The Morgan fingerprint density at radius 1 is 1.47 bits per heavy atom. The maximum absolute atomic E-state index is 10.6. The predicted molar refractivity (Wildman–Crippen MR) is 80.0 cm³/mol. The Balaban J connectivity index is 2.10. The fourth-order valence-corrected chi connectivity index (χ4v) is 3.89. The van der Waals surface area contributed by atoms with Crippen molar-refractivity contribution in [3.63, 3.8) is 0 Å². The Morgan fingerprint density at radius 3 is 2.53 bits per heavy atom. The van der Waals surface area contributed by atoms with E-state index in [4.69, 9.17) is 5.73 Å². The van der Waals surface area contributed by atoms with E-state index in [1.807, 2.05) is 5.38 Å². The van der Waals surface area contributed by atoms with Crippen molar-refractivity contribution in [2.24, 2.45) is 22.5 Å². The summed E-state index contributed by atoms with van der Waals surface area (Å²) in [6.45, 7) is 7.47. The number of aliphatic hydroxyl groups is 1. The minimum Gasteiger partial charge on any atom is -0.386 e. The van der Waals surface area contributed by atoms with Crippen LogP contribution in [0.3, 0.4) is 0 Å². The van der Waals surface area contributed by atoms with Gasteiger partial charge in [0.05, 0.1) is 11.2 Å². The van der Waals surface area contributed by atoms with Crippen molar-refractivity contribution in [3.05, 3.63) is 16.6 Å². The maximum Gasteiger partial charge on any atom is 0.104 e. The van der Waals surface area contributed by atoms with Gasteiger partial charge in [-0.1, -0.05) is 20.8 Å². The van der Waals surface area contributed by atoms with Crippen LogP contribution in [0.15, 0.2) is 10.9 Å². The van der Waals surface area contributed by atoms with Gasteiger partial charge >= 0.3 is 0 Å². The zero-order valence-corrected chi connectivity index (χ0v) is 13.0. The predicted octanol–water partition coefficient (Wildman–Crippen LogP) is 3.36. The van der Waals surface area contributed by atoms with Gasteiger partial charge in [0.15, 0.2) is 0 Å². The molecular weight excluding hydrogens is 256 g/mol. The summed E-state index contributed by atoms with van der Waals surface area (Å²) in [5, 5.41) is 12.6. The molecule has 3 nitrogen and oxygen atoms in total. The standard InChI is InChI=1S/C15H26N2OS/c1-14(2,3)11-4-6-15(9-16,7-5-11)13(18)12-8-19-10-17-12/h8,10-11,13,18H,4-7,9,16H2,1-3H3. The van der Waals surface area contributed by atoms with Crippen molar-refractivity contribution < 1.29 is 5.11 Å². The Bertz CT molecular complexity index is 389. The molecule has 1 aromatic heterocycles. The molecule has 1 atom stereocenters. The van der Waals surface area contributed by atoms with Crippen LogP contribution in [-0.4, -0.2) is 16.6 Å². The second-order valence-electron chi connectivity index (χ2n) is 7.02. The van der Waals surface area contributed by atoms with Gasteiger partial charge in [0.1, 0.15) is 6.10 Å². The Hall–Kier alpha value is -0.450. The number of rotatable bonds is 3.